The summed E-state index contributed by atoms with van der Waals surface area (Å²) in [4.78, 5) is 16.1. The molecule has 1 aromatic heterocycles. The normalized spacial score (nSPS) is 10.8. The van der Waals surface area contributed by atoms with Gasteiger partial charge in [-0.05, 0) is 30.3 Å². The van der Waals surface area contributed by atoms with Crippen LogP contribution in [0.3, 0.4) is 0 Å². The number of alkyl halides is 1. The van der Waals surface area contributed by atoms with Crippen molar-refractivity contribution >= 4 is 46.4 Å². The molecule has 0 unspecified atom stereocenters. The number of anilines is 1. The molecule has 3 rings (SSSR count). The number of carbonyl (C=O) groups is 1. The van der Waals surface area contributed by atoms with Crippen LogP contribution in [0.5, 0.6) is 6.01 Å². The van der Waals surface area contributed by atoms with E-state index in [-0.39, 0.29) is 17.8 Å². The first-order valence-corrected chi connectivity index (χ1v) is 9.81. The number of methoxy groups -OCH3 is 1. The molecular formula is C19H17Cl3N4O3. The Labute approximate surface area is 182 Å². The fourth-order valence-electron chi connectivity index (χ4n) is 2.48. The topological polar surface area (TPSA) is 78.3 Å². The molecule has 0 aliphatic heterocycles. The van der Waals surface area contributed by atoms with Gasteiger partial charge in [0.1, 0.15) is 12.5 Å². The lowest BCUT2D eigenvalue weighted by atomic mass is 10.2. The molecule has 0 saturated heterocycles. The largest absolute Gasteiger partial charge is 0.460 e. The maximum atomic E-state index is 11.6. The first-order chi connectivity index (χ1) is 14.0. The van der Waals surface area contributed by atoms with Gasteiger partial charge in [-0.25, -0.2) is 4.68 Å². The third kappa shape index (κ3) is 5.39. The minimum atomic E-state index is -0.307. The van der Waals surface area contributed by atoms with Crippen LogP contribution in [0.1, 0.15) is 0 Å². The minimum Gasteiger partial charge on any atom is -0.460 e. The van der Waals surface area contributed by atoms with Crippen molar-refractivity contribution in [3.05, 3.63) is 52.5 Å². The molecule has 1 heterocycles. The van der Waals surface area contributed by atoms with Gasteiger partial charge in [0.15, 0.2) is 5.82 Å². The van der Waals surface area contributed by atoms with Crippen LogP contribution >= 0.6 is 34.8 Å². The summed E-state index contributed by atoms with van der Waals surface area (Å²) in [6, 6.07) is 12.5. The van der Waals surface area contributed by atoms with Crippen LogP contribution in [0.2, 0.25) is 10.0 Å². The van der Waals surface area contributed by atoms with Crippen molar-refractivity contribution in [1.82, 2.24) is 14.8 Å². The van der Waals surface area contributed by atoms with E-state index < -0.39 is 0 Å². The summed E-state index contributed by atoms with van der Waals surface area (Å²) < 4.78 is 12.1. The highest BCUT2D eigenvalue weighted by Gasteiger charge is 2.16. The molecule has 152 valence electrons. The zero-order chi connectivity index (χ0) is 20.8. The lowest BCUT2D eigenvalue weighted by Crippen LogP contribution is -2.12. The molecular weight excluding hydrogens is 439 g/mol. The Hall–Kier alpha value is -2.32. The van der Waals surface area contributed by atoms with Gasteiger partial charge >= 0.3 is 6.01 Å². The predicted molar refractivity (Wildman–Crippen MR) is 114 cm³/mol. The van der Waals surface area contributed by atoms with Gasteiger partial charge in [-0.1, -0.05) is 35.3 Å². The molecule has 0 atom stereocenters. The van der Waals surface area contributed by atoms with Crippen molar-refractivity contribution in [2.45, 2.75) is 0 Å². The minimum absolute atomic E-state index is 0.138. The lowest BCUT2D eigenvalue weighted by molar-refractivity contribution is -0.113. The van der Waals surface area contributed by atoms with E-state index in [1.165, 1.54) is 0 Å². The predicted octanol–water partition coefficient (Wildman–Crippen LogP) is 4.44. The highest BCUT2D eigenvalue weighted by Crippen LogP contribution is 2.29. The summed E-state index contributed by atoms with van der Waals surface area (Å²) in [6.07, 6.45) is 0. The summed E-state index contributed by atoms with van der Waals surface area (Å²) in [5.41, 5.74) is 1.94. The van der Waals surface area contributed by atoms with Gasteiger partial charge < -0.3 is 14.8 Å². The summed E-state index contributed by atoms with van der Waals surface area (Å²) in [5.74, 6) is 0.0531. The number of benzene rings is 2. The van der Waals surface area contributed by atoms with Gasteiger partial charge in [0.2, 0.25) is 5.91 Å². The van der Waals surface area contributed by atoms with Gasteiger partial charge in [-0.2, -0.15) is 4.98 Å². The van der Waals surface area contributed by atoms with Crippen LogP contribution in [0.4, 0.5) is 5.69 Å². The van der Waals surface area contributed by atoms with Gasteiger partial charge in [0, 0.05) is 18.4 Å². The number of carbonyl (C=O) groups excluding carboxylic acids is 1. The number of rotatable bonds is 8. The van der Waals surface area contributed by atoms with E-state index in [1.807, 2.05) is 6.07 Å². The summed E-state index contributed by atoms with van der Waals surface area (Å²) >= 11 is 17.8. The van der Waals surface area contributed by atoms with E-state index in [0.29, 0.717) is 46.0 Å². The fourth-order valence-corrected chi connectivity index (χ4v) is 2.84. The van der Waals surface area contributed by atoms with Crippen molar-refractivity contribution in [1.29, 1.82) is 0 Å². The van der Waals surface area contributed by atoms with Crippen molar-refractivity contribution in [2.24, 2.45) is 0 Å². The van der Waals surface area contributed by atoms with Crippen LogP contribution in [-0.4, -0.2) is 46.9 Å². The first-order valence-electron chi connectivity index (χ1n) is 8.52. The highest BCUT2D eigenvalue weighted by atomic mass is 35.5. The number of nitrogens with one attached hydrogen (secondary N) is 1. The van der Waals surface area contributed by atoms with E-state index in [9.17, 15) is 4.79 Å². The molecule has 0 bridgehead atoms. The highest BCUT2D eigenvalue weighted by molar-refractivity contribution is 6.42. The number of hydrogen-bond donors (Lipinski definition) is 1. The van der Waals surface area contributed by atoms with Crippen LogP contribution in [0.25, 0.3) is 17.1 Å². The Bertz CT molecular complexity index is 1010. The van der Waals surface area contributed by atoms with Crippen LogP contribution in [0.15, 0.2) is 42.5 Å². The van der Waals surface area contributed by atoms with Crippen molar-refractivity contribution in [2.75, 3.05) is 31.5 Å². The zero-order valence-corrected chi connectivity index (χ0v) is 17.6. The molecule has 7 nitrogen and oxygen atoms in total. The second kappa shape index (κ2) is 9.93. The van der Waals surface area contributed by atoms with E-state index in [0.717, 1.165) is 0 Å². The third-order valence-electron chi connectivity index (χ3n) is 3.78. The molecule has 1 amide bonds. The van der Waals surface area contributed by atoms with Crippen LogP contribution in [0, 0.1) is 0 Å². The molecule has 1 N–H and O–H groups in total. The molecule has 0 spiro atoms. The molecule has 0 aliphatic rings. The van der Waals surface area contributed by atoms with Crippen LogP contribution < -0.4 is 10.1 Å². The standard InChI is InChI=1S/C19H17Cl3N4O3/c1-28-7-8-29-19-24-18(12-3-2-4-13(9-12)23-17(27)11-20)26(25-19)14-5-6-15(21)16(22)10-14/h2-6,9-10H,7-8,11H2,1H3,(H,23,27). The maximum absolute atomic E-state index is 11.6. The SMILES string of the molecule is COCCOc1nc(-c2cccc(NC(=O)CCl)c2)n(-c2ccc(Cl)c(Cl)c2)n1. The fraction of sp³-hybridized carbons (Fsp3) is 0.211. The van der Waals surface area contributed by atoms with Gasteiger partial charge in [0.25, 0.3) is 0 Å². The molecule has 0 saturated carbocycles. The summed E-state index contributed by atoms with van der Waals surface area (Å²) in [7, 11) is 1.58. The Morgan fingerprint density at radius 2 is 1.97 bits per heavy atom. The Morgan fingerprint density at radius 3 is 2.69 bits per heavy atom. The number of ether oxygens (including phenoxy) is 2. The molecule has 10 heteroatoms. The van der Waals surface area contributed by atoms with Crippen molar-refractivity contribution < 1.29 is 14.3 Å². The molecule has 0 radical (unpaired) electrons. The maximum Gasteiger partial charge on any atom is 0.336 e. The molecule has 2 aromatic carbocycles. The van der Waals surface area contributed by atoms with E-state index in [1.54, 1.807) is 48.2 Å². The van der Waals surface area contributed by atoms with E-state index in [2.05, 4.69) is 15.4 Å². The number of hydrogen-bond acceptors (Lipinski definition) is 5. The number of aromatic nitrogens is 3. The average Bonchev–Trinajstić information content (AvgIpc) is 3.14. The molecule has 29 heavy (non-hydrogen) atoms. The summed E-state index contributed by atoms with van der Waals surface area (Å²) in [5, 5.41) is 7.95. The molecule has 0 aliphatic carbocycles. The second-order valence-corrected chi connectivity index (χ2v) is 6.91. The number of nitrogens with zero attached hydrogens (tertiary/aromatic N) is 3. The molecule has 3 aromatic rings. The lowest BCUT2D eigenvalue weighted by Gasteiger charge is -2.09. The quantitative estimate of drug-likeness (QED) is 0.401. The number of amides is 1. The zero-order valence-electron chi connectivity index (χ0n) is 15.4. The Kier molecular flexibility index (Phi) is 7.33. The van der Waals surface area contributed by atoms with Crippen molar-refractivity contribution in [3.8, 4) is 23.1 Å². The monoisotopic (exact) mass is 454 g/mol. The third-order valence-corrected chi connectivity index (χ3v) is 4.76. The average molecular weight is 456 g/mol. The van der Waals surface area contributed by atoms with Crippen LogP contribution in [-0.2, 0) is 9.53 Å². The molecule has 0 fully saturated rings. The first kappa shape index (κ1) is 21.4. The smallest absolute Gasteiger partial charge is 0.336 e. The second-order valence-electron chi connectivity index (χ2n) is 5.83. The summed E-state index contributed by atoms with van der Waals surface area (Å²) in [6.45, 7) is 0.698. The Balaban J connectivity index is 2.03. The van der Waals surface area contributed by atoms with E-state index >= 15 is 0 Å². The van der Waals surface area contributed by atoms with Gasteiger partial charge in [0.05, 0.1) is 22.3 Å². The van der Waals surface area contributed by atoms with Crippen molar-refractivity contribution in [3.63, 3.8) is 0 Å². The Morgan fingerprint density at radius 1 is 1.14 bits per heavy atom. The van der Waals surface area contributed by atoms with E-state index in [4.69, 9.17) is 44.3 Å². The van der Waals surface area contributed by atoms with Gasteiger partial charge in [-0.15, -0.1) is 16.7 Å². The number of halogens is 3. The van der Waals surface area contributed by atoms with Gasteiger partial charge in [-0.3, -0.25) is 4.79 Å².